The molecule has 2 saturated carbocycles. The van der Waals surface area contributed by atoms with Crippen molar-refractivity contribution >= 4 is 5.91 Å². The van der Waals surface area contributed by atoms with E-state index in [1.165, 1.54) is 25.3 Å². The third kappa shape index (κ3) is 4.29. The first-order valence-corrected chi connectivity index (χ1v) is 8.49. The lowest BCUT2D eigenvalue weighted by atomic mass is 9.95. The monoisotopic (exact) mass is 304 g/mol. The number of benzene rings is 1. The fraction of sp³-hybridized carbons (Fsp3) is 0.611. The van der Waals surface area contributed by atoms with Gasteiger partial charge in [-0.15, -0.1) is 0 Å². The first kappa shape index (κ1) is 15.5. The normalized spacial score (nSPS) is 19.4. The Labute approximate surface area is 131 Å². The topological polar surface area (TPSA) is 32.3 Å². The molecule has 4 heteroatoms. The van der Waals surface area contributed by atoms with Gasteiger partial charge < -0.3 is 5.32 Å². The SMILES string of the molecule is O=C(CN(Cc1ccccc1F)C1CC1)NC1CCCCC1. The highest BCUT2D eigenvalue weighted by molar-refractivity contribution is 5.78. The molecule has 0 spiro atoms. The molecule has 22 heavy (non-hydrogen) atoms. The number of carbonyl (C=O) groups is 1. The molecule has 3 nitrogen and oxygen atoms in total. The van der Waals surface area contributed by atoms with Crippen LogP contribution in [0.4, 0.5) is 4.39 Å². The van der Waals surface area contributed by atoms with E-state index in [0.717, 1.165) is 25.7 Å². The number of nitrogens with zero attached hydrogens (tertiary/aromatic N) is 1. The minimum Gasteiger partial charge on any atom is -0.352 e. The predicted molar refractivity (Wildman–Crippen MR) is 84.8 cm³/mol. The van der Waals surface area contributed by atoms with E-state index in [4.69, 9.17) is 0 Å². The molecule has 0 radical (unpaired) electrons. The largest absolute Gasteiger partial charge is 0.352 e. The van der Waals surface area contributed by atoms with Crippen LogP contribution in [0.25, 0.3) is 0 Å². The Kier molecular flexibility index (Phi) is 5.08. The van der Waals surface area contributed by atoms with Gasteiger partial charge in [0, 0.05) is 24.2 Å². The van der Waals surface area contributed by atoms with E-state index in [2.05, 4.69) is 10.2 Å². The smallest absolute Gasteiger partial charge is 0.234 e. The van der Waals surface area contributed by atoms with Crippen LogP contribution in [0, 0.1) is 5.82 Å². The molecule has 1 aromatic rings. The van der Waals surface area contributed by atoms with Gasteiger partial charge in [0.2, 0.25) is 5.91 Å². The van der Waals surface area contributed by atoms with Gasteiger partial charge in [-0.2, -0.15) is 0 Å². The number of hydrogen-bond acceptors (Lipinski definition) is 2. The summed E-state index contributed by atoms with van der Waals surface area (Å²) in [5.41, 5.74) is 0.680. The average Bonchev–Trinajstić information content (AvgIpc) is 3.34. The van der Waals surface area contributed by atoms with Gasteiger partial charge in [-0.1, -0.05) is 37.5 Å². The minimum absolute atomic E-state index is 0.0927. The number of halogens is 1. The van der Waals surface area contributed by atoms with Gasteiger partial charge in [-0.25, -0.2) is 4.39 Å². The molecule has 1 aromatic carbocycles. The van der Waals surface area contributed by atoms with Crippen molar-refractivity contribution in [1.82, 2.24) is 10.2 Å². The molecular formula is C18H25FN2O. The minimum atomic E-state index is -0.180. The lowest BCUT2D eigenvalue weighted by molar-refractivity contribution is -0.123. The maximum absolute atomic E-state index is 13.8. The van der Waals surface area contributed by atoms with E-state index in [1.807, 2.05) is 12.1 Å². The molecule has 2 fully saturated rings. The van der Waals surface area contributed by atoms with Gasteiger partial charge in [0.25, 0.3) is 0 Å². The van der Waals surface area contributed by atoms with Crippen molar-refractivity contribution in [3.63, 3.8) is 0 Å². The van der Waals surface area contributed by atoms with Crippen molar-refractivity contribution in [3.05, 3.63) is 35.6 Å². The molecule has 2 aliphatic rings. The van der Waals surface area contributed by atoms with Crippen LogP contribution in [0.15, 0.2) is 24.3 Å². The second-order valence-electron chi connectivity index (χ2n) is 6.63. The summed E-state index contributed by atoms with van der Waals surface area (Å²) in [5.74, 6) is -0.0871. The summed E-state index contributed by atoms with van der Waals surface area (Å²) in [6.45, 7) is 0.908. The number of amides is 1. The van der Waals surface area contributed by atoms with Gasteiger partial charge in [-0.05, 0) is 31.7 Å². The first-order valence-electron chi connectivity index (χ1n) is 8.49. The fourth-order valence-electron chi connectivity index (χ4n) is 3.30. The molecule has 0 saturated heterocycles. The van der Waals surface area contributed by atoms with Crippen LogP contribution in [0.5, 0.6) is 0 Å². The van der Waals surface area contributed by atoms with Crippen molar-refractivity contribution in [2.75, 3.05) is 6.54 Å². The Morgan fingerprint density at radius 2 is 1.86 bits per heavy atom. The standard InChI is InChI=1S/C18H25FN2O/c19-17-9-5-4-6-14(17)12-21(16-10-11-16)13-18(22)20-15-7-2-1-3-8-15/h4-6,9,15-16H,1-3,7-8,10-13H2,(H,20,22). The van der Waals surface area contributed by atoms with E-state index in [-0.39, 0.29) is 11.7 Å². The van der Waals surface area contributed by atoms with Gasteiger partial charge in [0.1, 0.15) is 5.82 Å². The Morgan fingerprint density at radius 1 is 1.14 bits per heavy atom. The lowest BCUT2D eigenvalue weighted by Gasteiger charge is -2.26. The highest BCUT2D eigenvalue weighted by Gasteiger charge is 2.31. The number of nitrogens with one attached hydrogen (secondary N) is 1. The summed E-state index contributed by atoms with van der Waals surface area (Å²) in [4.78, 5) is 14.4. The van der Waals surface area contributed by atoms with Crippen LogP contribution in [0.1, 0.15) is 50.5 Å². The zero-order valence-corrected chi connectivity index (χ0v) is 13.1. The maximum atomic E-state index is 13.8. The van der Waals surface area contributed by atoms with E-state index >= 15 is 0 Å². The van der Waals surface area contributed by atoms with Crippen LogP contribution in [-0.2, 0) is 11.3 Å². The summed E-state index contributed by atoms with van der Waals surface area (Å²) in [6, 6.07) is 7.64. The van der Waals surface area contributed by atoms with E-state index in [0.29, 0.717) is 30.7 Å². The molecule has 3 rings (SSSR count). The van der Waals surface area contributed by atoms with Crippen molar-refractivity contribution < 1.29 is 9.18 Å². The van der Waals surface area contributed by atoms with E-state index < -0.39 is 0 Å². The second-order valence-corrected chi connectivity index (χ2v) is 6.63. The lowest BCUT2D eigenvalue weighted by Crippen LogP contribution is -2.43. The van der Waals surface area contributed by atoms with Gasteiger partial charge in [-0.3, -0.25) is 9.69 Å². The van der Waals surface area contributed by atoms with Crippen LogP contribution in [-0.4, -0.2) is 29.4 Å². The summed E-state index contributed by atoms with van der Waals surface area (Å²) in [5, 5.41) is 3.16. The van der Waals surface area contributed by atoms with Crippen molar-refractivity contribution in [2.24, 2.45) is 0 Å². The summed E-state index contributed by atoms with van der Waals surface area (Å²) < 4.78 is 13.8. The highest BCUT2D eigenvalue weighted by atomic mass is 19.1. The molecule has 120 valence electrons. The molecular weight excluding hydrogens is 279 g/mol. The van der Waals surface area contributed by atoms with Crippen molar-refractivity contribution in [2.45, 2.75) is 63.6 Å². The third-order valence-corrected chi connectivity index (χ3v) is 4.71. The third-order valence-electron chi connectivity index (χ3n) is 4.71. The molecule has 1 amide bonds. The Bertz CT molecular complexity index is 510. The molecule has 0 aromatic heterocycles. The number of carbonyl (C=O) groups excluding carboxylic acids is 1. The molecule has 0 unspecified atom stereocenters. The van der Waals surface area contributed by atoms with Gasteiger partial charge in [0.15, 0.2) is 0 Å². The summed E-state index contributed by atoms with van der Waals surface area (Å²) >= 11 is 0. The molecule has 2 aliphatic carbocycles. The molecule has 0 aliphatic heterocycles. The fourth-order valence-corrected chi connectivity index (χ4v) is 3.30. The zero-order valence-electron chi connectivity index (χ0n) is 13.1. The summed E-state index contributed by atoms with van der Waals surface area (Å²) in [7, 11) is 0. The van der Waals surface area contributed by atoms with Crippen molar-refractivity contribution in [1.29, 1.82) is 0 Å². The Hall–Kier alpha value is -1.42. The molecule has 0 heterocycles. The number of hydrogen-bond donors (Lipinski definition) is 1. The van der Waals surface area contributed by atoms with E-state index in [1.54, 1.807) is 6.07 Å². The van der Waals surface area contributed by atoms with Gasteiger partial charge >= 0.3 is 0 Å². The maximum Gasteiger partial charge on any atom is 0.234 e. The van der Waals surface area contributed by atoms with Crippen LogP contribution >= 0.6 is 0 Å². The average molecular weight is 304 g/mol. The highest BCUT2D eigenvalue weighted by Crippen LogP contribution is 2.28. The quantitative estimate of drug-likeness (QED) is 0.875. The Balaban J connectivity index is 1.55. The van der Waals surface area contributed by atoms with Gasteiger partial charge in [0.05, 0.1) is 6.54 Å². The molecule has 0 bridgehead atoms. The summed E-state index contributed by atoms with van der Waals surface area (Å²) in [6.07, 6.45) is 8.15. The van der Waals surface area contributed by atoms with Crippen LogP contribution in [0.3, 0.4) is 0 Å². The predicted octanol–water partition coefficient (Wildman–Crippen LogP) is 3.24. The van der Waals surface area contributed by atoms with E-state index in [9.17, 15) is 9.18 Å². The zero-order chi connectivity index (χ0) is 15.4. The second kappa shape index (κ2) is 7.23. The Morgan fingerprint density at radius 3 is 2.55 bits per heavy atom. The first-order chi connectivity index (χ1) is 10.7. The molecule has 1 N–H and O–H groups in total. The van der Waals surface area contributed by atoms with Crippen LogP contribution in [0.2, 0.25) is 0 Å². The van der Waals surface area contributed by atoms with Crippen molar-refractivity contribution in [3.8, 4) is 0 Å². The number of rotatable bonds is 6. The van der Waals surface area contributed by atoms with Crippen LogP contribution < -0.4 is 5.32 Å². The molecule has 0 atom stereocenters.